The smallest absolute Gasteiger partial charge is 0.337 e. The molecule has 0 heterocycles. The Morgan fingerprint density at radius 2 is 2.08 bits per heavy atom. The number of esters is 1. The molecule has 0 bridgehead atoms. The Morgan fingerprint density at radius 3 is 2.42 bits per heavy atom. The molecule has 0 spiro atoms. The third kappa shape index (κ3) is 3.63. The molecule has 0 aromatic rings. The average molecular weight is 179 g/mol. The van der Waals surface area contributed by atoms with Crippen LogP contribution in [-0.2, 0) is 9.53 Å². The highest BCUT2D eigenvalue weighted by Crippen LogP contribution is 1.95. The Balaban J connectivity index is 3.83. The monoisotopic (exact) mass is 179 g/mol. The van der Waals surface area contributed by atoms with Gasteiger partial charge in [0.05, 0.1) is 12.6 Å². The highest BCUT2D eigenvalue weighted by molar-refractivity contribution is 5.73. The largest absolute Gasteiger partial charge is 0.432 e. The van der Waals surface area contributed by atoms with Crippen molar-refractivity contribution in [3.63, 3.8) is 0 Å². The number of aliphatic hydroxyl groups is 3. The van der Waals surface area contributed by atoms with Crippen molar-refractivity contribution >= 4 is 5.97 Å². The number of aliphatic hydroxyl groups excluding tert-OH is 3. The standard InChI is InChI=1S/C6H13NO5/c1-3(9)5(10)12-6(11)4(7)2-8/h3-4,6,8-9,11H,2,7H2,1H3. The fourth-order valence-electron chi connectivity index (χ4n) is 0.395. The first kappa shape index (κ1) is 11.3. The van der Waals surface area contributed by atoms with Gasteiger partial charge in [0.1, 0.15) is 6.10 Å². The SMILES string of the molecule is CC(O)C(=O)OC(O)C(N)CO. The molecule has 0 rings (SSSR count). The van der Waals surface area contributed by atoms with E-state index in [0.717, 1.165) is 0 Å². The molecule has 0 amide bonds. The average Bonchev–Trinajstić information content (AvgIpc) is 2.02. The summed E-state index contributed by atoms with van der Waals surface area (Å²) in [6, 6.07) is -1.05. The zero-order valence-electron chi connectivity index (χ0n) is 6.67. The lowest BCUT2D eigenvalue weighted by Gasteiger charge is -2.17. The van der Waals surface area contributed by atoms with Crippen LogP contribution in [0.1, 0.15) is 6.92 Å². The number of ether oxygens (including phenoxy) is 1. The molecular weight excluding hydrogens is 166 g/mol. The summed E-state index contributed by atoms with van der Waals surface area (Å²) in [5.41, 5.74) is 5.11. The number of carbonyl (C=O) groups excluding carboxylic acids is 1. The quantitative estimate of drug-likeness (QED) is 0.281. The van der Waals surface area contributed by atoms with Crippen LogP contribution in [0.5, 0.6) is 0 Å². The predicted octanol–water partition coefficient (Wildman–Crippen LogP) is -2.45. The Morgan fingerprint density at radius 1 is 1.58 bits per heavy atom. The normalized spacial score (nSPS) is 18.1. The van der Waals surface area contributed by atoms with E-state index in [1.54, 1.807) is 0 Å². The summed E-state index contributed by atoms with van der Waals surface area (Å²) < 4.78 is 4.25. The van der Waals surface area contributed by atoms with Crippen molar-refractivity contribution in [2.75, 3.05) is 6.61 Å². The van der Waals surface area contributed by atoms with Gasteiger partial charge in [-0.2, -0.15) is 0 Å². The fourth-order valence-corrected chi connectivity index (χ4v) is 0.395. The lowest BCUT2D eigenvalue weighted by Crippen LogP contribution is -2.42. The molecule has 5 N–H and O–H groups in total. The number of hydrogen-bond donors (Lipinski definition) is 4. The first-order valence-electron chi connectivity index (χ1n) is 3.42. The summed E-state index contributed by atoms with van der Waals surface area (Å²) in [6.07, 6.45) is -2.90. The second kappa shape index (κ2) is 5.04. The van der Waals surface area contributed by atoms with Crippen molar-refractivity contribution < 1.29 is 24.9 Å². The van der Waals surface area contributed by atoms with E-state index in [1.807, 2.05) is 0 Å². The van der Waals surface area contributed by atoms with Crippen LogP contribution in [0.4, 0.5) is 0 Å². The topological polar surface area (TPSA) is 113 Å². The van der Waals surface area contributed by atoms with Crippen LogP contribution in [0.3, 0.4) is 0 Å². The minimum absolute atomic E-state index is 0.506. The highest BCUT2D eigenvalue weighted by Gasteiger charge is 2.20. The molecule has 0 fully saturated rings. The van der Waals surface area contributed by atoms with Crippen molar-refractivity contribution in [1.29, 1.82) is 0 Å². The molecule has 0 saturated heterocycles. The second-order valence-electron chi connectivity index (χ2n) is 2.35. The van der Waals surface area contributed by atoms with Gasteiger partial charge >= 0.3 is 5.97 Å². The Kier molecular flexibility index (Phi) is 4.75. The summed E-state index contributed by atoms with van der Waals surface area (Å²) >= 11 is 0. The zero-order valence-corrected chi connectivity index (χ0v) is 6.67. The van der Waals surface area contributed by atoms with Gasteiger partial charge in [0.2, 0.25) is 6.29 Å². The zero-order chi connectivity index (χ0) is 9.72. The molecule has 72 valence electrons. The number of carbonyl (C=O) groups is 1. The first-order valence-corrected chi connectivity index (χ1v) is 3.42. The van der Waals surface area contributed by atoms with Gasteiger partial charge in [-0.15, -0.1) is 0 Å². The van der Waals surface area contributed by atoms with E-state index in [4.69, 9.17) is 21.1 Å². The van der Waals surface area contributed by atoms with Gasteiger partial charge in [0.15, 0.2) is 0 Å². The number of nitrogens with two attached hydrogens (primary N) is 1. The lowest BCUT2D eigenvalue weighted by atomic mass is 10.3. The molecule has 3 unspecified atom stereocenters. The summed E-state index contributed by atoms with van der Waals surface area (Å²) in [5.74, 6) is -0.980. The van der Waals surface area contributed by atoms with Gasteiger partial charge in [-0.3, -0.25) is 0 Å². The molecule has 0 aromatic carbocycles. The molecule has 0 aliphatic rings. The van der Waals surface area contributed by atoms with Gasteiger partial charge in [-0.25, -0.2) is 4.79 Å². The van der Waals surface area contributed by atoms with E-state index >= 15 is 0 Å². The predicted molar refractivity (Wildman–Crippen MR) is 38.8 cm³/mol. The Hall–Kier alpha value is -0.690. The van der Waals surface area contributed by atoms with E-state index in [1.165, 1.54) is 6.92 Å². The van der Waals surface area contributed by atoms with Crippen LogP contribution in [0.25, 0.3) is 0 Å². The molecule has 6 nitrogen and oxygen atoms in total. The first-order chi connectivity index (χ1) is 5.49. The van der Waals surface area contributed by atoms with E-state index in [2.05, 4.69) is 4.74 Å². The maximum Gasteiger partial charge on any atom is 0.337 e. The molecule has 0 aliphatic carbocycles. The van der Waals surface area contributed by atoms with Crippen LogP contribution < -0.4 is 5.73 Å². The maximum absolute atomic E-state index is 10.6. The Labute approximate surface area is 69.6 Å². The van der Waals surface area contributed by atoms with Crippen molar-refractivity contribution in [2.24, 2.45) is 5.73 Å². The molecule has 3 atom stereocenters. The fraction of sp³-hybridized carbons (Fsp3) is 0.833. The molecule has 0 aromatic heterocycles. The van der Waals surface area contributed by atoms with Crippen molar-refractivity contribution in [3.8, 4) is 0 Å². The van der Waals surface area contributed by atoms with E-state index in [0.29, 0.717) is 0 Å². The third-order valence-electron chi connectivity index (χ3n) is 1.16. The third-order valence-corrected chi connectivity index (χ3v) is 1.16. The van der Waals surface area contributed by atoms with Gasteiger partial charge in [0, 0.05) is 0 Å². The Bertz CT molecular complexity index is 149. The van der Waals surface area contributed by atoms with E-state index < -0.39 is 31.0 Å². The number of hydrogen-bond acceptors (Lipinski definition) is 6. The lowest BCUT2D eigenvalue weighted by molar-refractivity contribution is -0.181. The van der Waals surface area contributed by atoms with Crippen LogP contribution in [-0.4, -0.2) is 46.3 Å². The summed E-state index contributed by atoms with van der Waals surface area (Å²) in [4.78, 5) is 10.6. The minimum atomic E-state index is -1.59. The highest BCUT2D eigenvalue weighted by atomic mass is 16.6. The molecular formula is C6H13NO5. The van der Waals surface area contributed by atoms with Crippen molar-refractivity contribution in [2.45, 2.75) is 25.4 Å². The van der Waals surface area contributed by atoms with Crippen LogP contribution >= 0.6 is 0 Å². The van der Waals surface area contributed by atoms with Gasteiger partial charge in [-0.05, 0) is 6.92 Å². The van der Waals surface area contributed by atoms with Crippen molar-refractivity contribution in [3.05, 3.63) is 0 Å². The summed E-state index contributed by atoms with van der Waals surface area (Å²) in [5, 5.41) is 26.0. The summed E-state index contributed by atoms with van der Waals surface area (Å²) in [7, 11) is 0. The molecule has 6 heteroatoms. The van der Waals surface area contributed by atoms with Gasteiger partial charge in [0.25, 0.3) is 0 Å². The molecule has 12 heavy (non-hydrogen) atoms. The van der Waals surface area contributed by atoms with Gasteiger partial charge < -0.3 is 25.8 Å². The number of rotatable bonds is 4. The maximum atomic E-state index is 10.6. The van der Waals surface area contributed by atoms with E-state index in [9.17, 15) is 4.79 Å². The van der Waals surface area contributed by atoms with Crippen molar-refractivity contribution in [1.82, 2.24) is 0 Å². The van der Waals surface area contributed by atoms with Crippen LogP contribution in [0.2, 0.25) is 0 Å². The van der Waals surface area contributed by atoms with E-state index in [-0.39, 0.29) is 0 Å². The molecule has 0 aliphatic heterocycles. The van der Waals surface area contributed by atoms with Gasteiger partial charge in [-0.1, -0.05) is 0 Å². The van der Waals surface area contributed by atoms with Crippen LogP contribution in [0.15, 0.2) is 0 Å². The molecule has 0 saturated carbocycles. The molecule has 0 radical (unpaired) electrons. The summed E-state index contributed by atoms with van der Waals surface area (Å²) in [6.45, 7) is 0.688. The minimum Gasteiger partial charge on any atom is -0.432 e. The second-order valence-corrected chi connectivity index (χ2v) is 2.35. The van der Waals surface area contributed by atoms with Crippen LogP contribution in [0, 0.1) is 0 Å².